The molecule has 0 spiro atoms. The lowest BCUT2D eigenvalue weighted by atomic mass is 10.1. The Morgan fingerprint density at radius 2 is 1.79 bits per heavy atom. The highest BCUT2D eigenvalue weighted by Crippen LogP contribution is 2.29. The molecule has 0 saturated heterocycles. The Labute approximate surface area is 116 Å². The van der Waals surface area contributed by atoms with E-state index < -0.39 is 0 Å². The summed E-state index contributed by atoms with van der Waals surface area (Å²) in [4.78, 5) is 0. The highest BCUT2D eigenvalue weighted by molar-refractivity contribution is 5.43. The lowest BCUT2D eigenvalue weighted by Gasteiger charge is -2.19. The first-order valence-electron chi connectivity index (χ1n) is 6.69. The fraction of sp³-hybridized carbons (Fsp3) is 0.600. The first-order chi connectivity index (χ1) is 9.12. The van der Waals surface area contributed by atoms with Gasteiger partial charge < -0.3 is 19.5 Å². The molecule has 2 atom stereocenters. The van der Waals surface area contributed by atoms with Crippen molar-refractivity contribution < 1.29 is 14.2 Å². The Balaban J connectivity index is 2.64. The summed E-state index contributed by atoms with van der Waals surface area (Å²) in [7, 11) is 3.29. The summed E-state index contributed by atoms with van der Waals surface area (Å²) in [5.41, 5.74) is 1.17. The van der Waals surface area contributed by atoms with E-state index in [1.807, 2.05) is 25.1 Å². The van der Waals surface area contributed by atoms with Crippen molar-refractivity contribution in [3.05, 3.63) is 23.8 Å². The summed E-state index contributed by atoms with van der Waals surface area (Å²) in [6.45, 7) is 7.77. The Morgan fingerprint density at radius 3 is 2.37 bits per heavy atom. The van der Waals surface area contributed by atoms with Crippen molar-refractivity contribution in [3.8, 4) is 11.5 Å². The first kappa shape index (κ1) is 15.8. The van der Waals surface area contributed by atoms with Gasteiger partial charge in [-0.25, -0.2) is 0 Å². The maximum absolute atomic E-state index is 5.50. The van der Waals surface area contributed by atoms with Crippen LogP contribution in [0.2, 0.25) is 0 Å². The molecule has 0 radical (unpaired) electrons. The summed E-state index contributed by atoms with van der Waals surface area (Å²) < 4.78 is 16.1. The fourth-order valence-electron chi connectivity index (χ4n) is 1.93. The van der Waals surface area contributed by atoms with E-state index >= 15 is 0 Å². The van der Waals surface area contributed by atoms with E-state index in [4.69, 9.17) is 14.2 Å². The van der Waals surface area contributed by atoms with Crippen LogP contribution < -0.4 is 14.8 Å². The van der Waals surface area contributed by atoms with Crippen LogP contribution in [-0.2, 0) is 4.74 Å². The van der Waals surface area contributed by atoms with E-state index in [0.29, 0.717) is 0 Å². The average molecular weight is 267 g/mol. The standard InChI is InChI=1S/C15H25NO3/c1-6-19-11(2)10-16-12(3)13-7-8-14(17-4)15(9-13)18-5/h7-9,11-12,16H,6,10H2,1-5H3. The van der Waals surface area contributed by atoms with Gasteiger partial charge in [-0.05, 0) is 38.5 Å². The van der Waals surface area contributed by atoms with Crippen molar-refractivity contribution in [2.75, 3.05) is 27.4 Å². The zero-order valence-electron chi connectivity index (χ0n) is 12.5. The third-order valence-electron chi connectivity index (χ3n) is 3.07. The van der Waals surface area contributed by atoms with Crippen molar-refractivity contribution in [3.63, 3.8) is 0 Å². The van der Waals surface area contributed by atoms with Gasteiger partial charge in [-0.15, -0.1) is 0 Å². The smallest absolute Gasteiger partial charge is 0.161 e. The molecule has 4 nitrogen and oxygen atoms in total. The van der Waals surface area contributed by atoms with Gasteiger partial charge in [0.15, 0.2) is 11.5 Å². The summed E-state index contributed by atoms with van der Waals surface area (Å²) in [5.74, 6) is 1.51. The summed E-state index contributed by atoms with van der Waals surface area (Å²) in [6.07, 6.45) is 0.215. The number of benzene rings is 1. The molecule has 19 heavy (non-hydrogen) atoms. The summed E-state index contributed by atoms with van der Waals surface area (Å²) in [6, 6.07) is 6.22. The Hall–Kier alpha value is -1.26. The largest absolute Gasteiger partial charge is 0.493 e. The molecular formula is C15H25NO3. The second-order valence-electron chi connectivity index (χ2n) is 4.51. The molecule has 0 fully saturated rings. The average Bonchev–Trinajstić information content (AvgIpc) is 2.44. The lowest BCUT2D eigenvalue weighted by Crippen LogP contribution is -2.29. The molecule has 1 rings (SSSR count). The molecule has 0 bridgehead atoms. The Kier molecular flexibility index (Phi) is 6.67. The minimum Gasteiger partial charge on any atom is -0.493 e. The van der Waals surface area contributed by atoms with E-state index in [0.717, 1.165) is 24.7 Å². The normalized spacial score (nSPS) is 13.9. The topological polar surface area (TPSA) is 39.7 Å². The van der Waals surface area contributed by atoms with Gasteiger partial charge in [-0.3, -0.25) is 0 Å². The third-order valence-corrected chi connectivity index (χ3v) is 3.07. The van der Waals surface area contributed by atoms with Crippen LogP contribution in [0.15, 0.2) is 18.2 Å². The van der Waals surface area contributed by atoms with Gasteiger partial charge in [0.1, 0.15) is 0 Å². The van der Waals surface area contributed by atoms with E-state index in [1.54, 1.807) is 14.2 Å². The van der Waals surface area contributed by atoms with Crippen molar-refractivity contribution in [2.45, 2.75) is 32.9 Å². The predicted octanol–water partition coefficient (Wildman–Crippen LogP) is 2.78. The first-order valence-corrected chi connectivity index (χ1v) is 6.69. The van der Waals surface area contributed by atoms with E-state index in [2.05, 4.69) is 19.2 Å². The molecule has 0 saturated carbocycles. The minimum absolute atomic E-state index is 0.215. The Bertz CT molecular complexity index is 382. The fourth-order valence-corrected chi connectivity index (χ4v) is 1.93. The van der Waals surface area contributed by atoms with Crippen LogP contribution in [0, 0.1) is 0 Å². The highest BCUT2D eigenvalue weighted by Gasteiger charge is 2.11. The van der Waals surface area contributed by atoms with Crippen molar-refractivity contribution in [1.29, 1.82) is 0 Å². The van der Waals surface area contributed by atoms with Gasteiger partial charge in [0, 0.05) is 19.2 Å². The number of rotatable bonds is 8. The van der Waals surface area contributed by atoms with Crippen LogP contribution in [0.3, 0.4) is 0 Å². The van der Waals surface area contributed by atoms with Gasteiger partial charge in [0.25, 0.3) is 0 Å². The van der Waals surface area contributed by atoms with Crippen LogP contribution in [-0.4, -0.2) is 33.5 Å². The van der Waals surface area contributed by atoms with Crippen LogP contribution in [0.25, 0.3) is 0 Å². The molecule has 0 aromatic heterocycles. The van der Waals surface area contributed by atoms with Gasteiger partial charge >= 0.3 is 0 Å². The van der Waals surface area contributed by atoms with E-state index in [-0.39, 0.29) is 12.1 Å². The SMILES string of the molecule is CCOC(C)CNC(C)c1ccc(OC)c(OC)c1. The van der Waals surface area contributed by atoms with Gasteiger partial charge in [0.2, 0.25) is 0 Å². The number of methoxy groups -OCH3 is 2. The molecule has 108 valence electrons. The second-order valence-corrected chi connectivity index (χ2v) is 4.51. The third kappa shape index (κ3) is 4.73. The van der Waals surface area contributed by atoms with Crippen LogP contribution >= 0.6 is 0 Å². The van der Waals surface area contributed by atoms with Crippen LogP contribution in [0.4, 0.5) is 0 Å². The second kappa shape index (κ2) is 8.02. The molecule has 0 heterocycles. The quantitative estimate of drug-likeness (QED) is 0.786. The molecule has 0 aliphatic heterocycles. The molecule has 0 aliphatic carbocycles. The monoisotopic (exact) mass is 267 g/mol. The predicted molar refractivity (Wildman–Crippen MR) is 77.1 cm³/mol. The van der Waals surface area contributed by atoms with Crippen LogP contribution in [0.5, 0.6) is 11.5 Å². The number of hydrogen-bond donors (Lipinski definition) is 1. The summed E-state index contributed by atoms with van der Waals surface area (Å²) >= 11 is 0. The molecule has 1 aromatic carbocycles. The Morgan fingerprint density at radius 1 is 1.11 bits per heavy atom. The number of hydrogen-bond acceptors (Lipinski definition) is 4. The van der Waals surface area contributed by atoms with E-state index in [1.165, 1.54) is 5.56 Å². The van der Waals surface area contributed by atoms with Gasteiger partial charge in [-0.1, -0.05) is 6.07 Å². The minimum atomic E-state index is 0.215. The molecule has 4 heteroatoms. The lowest BCUT2D eigenvalue weighted by molar-refractivity contribution is 0.0743. The van der Waals surface area contributed by atoms with Gasteiger partial charge in [0.05, 0.1) is 20.3 Å². The molecular weight excluding hydrogens is 242 g/mol. The maximum atomic E-state index is 5.50. The van der Waals surface area contributed by atoms with Gasteiger partial charge in [-0.2, -0.15) is 0 Å². The number of ether oxygens (including phenoxy) is 3. The zero-order valence-corrected chi connectivity index (χ0v) is 12.5. The molecule has 0 aliphatic rings. The zero-order chi connectivity index (χ0) is 14.3. The highest BCUT2D eigenvalue weighted by atomic mass is 16.5. The molecule has 1 N–H and O–H groups in total. The molecule has 2 unspecified atom stereocenters. The molecule has 0 amide bonds. The van der Waals surface area contributed by atoms with Crippen molar-refractivity contribution >= 4 is 0 Å². The maximum Gasteiger partial charge on any atom is 0.161 e. The molecule has 1 aromatic rings. The van der Waals surface area contributed by atoms with Crippen LogP contribution in [0.1, 0.15) is 32.4 Å². The van der Waals surface area contributed by atoms with Crippen molar-refractivity contribution in [2.24, 2.45) is 0 Å². The van der Waals surface area contributed by atoms with E-state index in [9.17, 15) is 0 Å². The number of nitrogens with one attached hydrogen (secondary N) is 1. The summed E-state index contributed by atoms with van der Waals surface area (Å²) in [5, 5.41) is 3.45. The van der Waals surface area contributed by atoms with Crippen molar-refractivity contribution in [1.82, 2.24) is 5.32 Å².